The zero-order chi connectivity index (χ0) is 16.1. The molecule has 0 unspecified atom stereocenters. The number of carbonyl (C=O) groups excluding carboxylic acids is 2. The Morgan fingerprint density at radius 3 is 2.50 bits per heavy atom. The number of halogens is 1. The van der Waals surface area contributed by atoms with Gasteiger partial charge in [0, 0.05) is 0 Å². The first-order valence-corrected chi connectivity index (χ1v) is 7.05. The van der Waals surface area contributed by atoms with Crippen LogP contribution in [0.1, 0.15) is 15.9 Å². The summed E-state index contributed by atoms with van der Waals surface area (Å²) in [5.41, 5.74) is 7.59. The molecule has 0 bridgehead atoms. The molecule has 2 aromatic carbocycles. The molecule has 2 aromatic rings. The highest BCUT2D eigenvalue weighted by molar-refractivity contribution is 6.34. The number of carbonyl (C=O) groups is 2. The zero-order valence-electron chi connectivity index (χ0n) is 12.0. The molecule has 22 heavy (non-hydrogen) atoms. The van der Waals surface area contributed by atoms with Crippen molar-refractivity contribution in [3.05, 3.63) is 58.6 Å². The van der Waals surface area contributed by atoms with Gasteiger partial charge in [0.25, 0.3) is 5.91 Å². The standard InChI is InChI=1S/C16H16ClN3O2/c1-10-6-7-13(14(8-10)19-15(21)9-18)20-16(22)11-4-2-3-5-12(11)17/h2-8H,9,18H2,1H3,(H,19,21)(H,20,22). The van der Waals surface area contributed by atoms with E-state index in [9.17, 15) is 9.59 Å². The summed E-state index contributed by atoms with van der Waals surface area (Å²) in [6.07, 6.45) is 0. The van der Waals surface area contributed by atoms with Crippen LogP contribution >= 0.6 is 11.6 Å². The van der Waals surface area contributed by atoms with Crippen LogP contribution in [0.3, 0.4) is 0 Å². The molecule has 2 amide bonds. The van der Waals surface area contributed by atoms with Gasteiger partial charge in [0.2, 0.25) is 5.91 Å². The van der Waals surface area contributed by atoms with Gasteiger partial charge in [-0.3, -0.25) is 9.59 Å². The van der Waals surface area contributed by atoms with E-state index in [0.29, 0.717) is 22.0 Å². The van der Waals surface area contributed by atoms with Crippen molar-refractivity contribution in [3.63, 3.8) is 0 Å². The summed E-state index contributed by atoms with van der Waals surface area (Å²) in [5.74, 6) is -0.684. The molecular formula is C16H16ClN3O2. The van der Waals surface area contributed by atoms with Gasteiger partial charge in [0.15, 0.2) is 0 Å². The number of hydrogen-bond acceptors (Lipinski definition) is 3. The molecular weight excluding hydrogens is 302 g/mol. The van der Waals surface area contributed by atoms with E-state index in [-0.39, 0.29) is 18.4 Å². The van der Waals surface area contributed by atoms with Gasteiger partial charge in [0.05, 0.1) is 28.5 Å². The third-order valence-corrected chi connectivity index (χ3v) is 3.33. The van der Waals surface area contributed by atoms with Crippen LogP contribution in [0.15, 0.2) is 42.5 Å². The Kier molecular flexibility index (Phi) is 5.14. The smallest absolute Gasteiger partial charge is 0.257 e. The molecule has 0 aliphatic heterocycles. The molecule has 0 spiro atoms. The first-order valence-electron chi connectivity index (χ1n) is 6.67. The van der Waals surface area contributed by atoms with Gasteiger partial charge >= 0.3 is 0 Å². The predicted octanol–water partition coefficient (Wildman–Crippen LogP) is 2.80. The van der Waals surface area contributed by atoms with Gasteiger partial charge < -0.3 is 16.4 Å². The van der Waals surface area contributed by atoms with Crippen LogP contribution < -0.4 is 16.4 Å². The highest BCUT2D eigenvalue weighted by Gasteiger charge is 2.13. The highest BCUT2D eigenvalue weighted by Crippen LogP contribution is 2.25. The van der Waals surface area contributed by atoms with Crippen molar-refractivity contribution < 1.29 is 9.59 Å². The Morgan fingerprint density at radius 1 is 1.09 bits per heavy atom. The summed E-state index contributed by atoms with van der Waals surface area (Å²) >= 11 is 6.01. The third kappa shape index (κ3) is 3.84. The zero-order valence-corrected chi connectivity index (χ0v) is 12.8. The lowest BCUT2D eigenvalue weighted by Crippen LogP contribution is -2.23. The van der Waals surface area contributed by atoms with E-state index in [1.54, 1.807) is 36.4 Å². The van der Waals surface area contributed by atoms with Crippen LogP contribution in [-0.2, 0) is 4.79 Å². The van der Waals surface area contributed by atoms with Crippen molar-refractivity contribution in [1.82, 2.24) is 0 Å². The molecule has 4 N–H and O–H groups in total. The first-order chi connectivity index (χ1) is 10.5. The summed E-state index contributed by atoms with van der Waals surface area (Å²) < 4.78 is 0. The molecule has 2 rings (SSSR count). The molecule has 0 radical (unpaired) electrons. The lowest BCUT2D eigenvalue weighted by Gasteiger charge is -2.13. The molecule has 0 saturated heterocycles. The lowest BCUT2D eigenvalue weighted by atomic mass is 10.1. The van der Waals surface area contributed by atoms with Crippen molar-refractivity contribution in [1.29, 1.82) is 0 Å². The molecule has 5 nitrogen and oxygen atoms in total. The number of amides is 2. The van der Waals surface area contributed by atoms with Gasteiger partial charge in [-0.05, 0) is 36.8 Å². The first kappa shape index (κ1) is 16.0. The molecule has 0 atom stereocenters. The Balaban J connectivity index is 2.27. The predicted molar refractivity (Wildman–Crippen MR) is 88.3 cm³/mol. The molecule has 0 fully saturated rings. The Morgan fingerprint density at radius 2 is 1.82 bits per heavy atom. The molecule has 0 aliphatic rings. The van der Waals surface area contributed by atoms with E-state index >= 15 is 0 Å². The van der Waals surface area contributed by atoms with Gasteiger partial charge in [-0.25, -0.2) is 0 Å². The summed E-state index contributed by atoms with van der Waals surface area (Å²) in [4.78, 5) is 23.8. The van der Waals surface area contributed by atoms with E-state index in [1.165, 1.54) is 0 Å². The number of aryl methyl sites for hydroxylation is 1. The number of nitrogens with two attached hydrogens (primary N) is 1. The average molecular weight is 318 g/mol. The SMILES string of the molecule is Cc1ccc(NC(=O)c2ccccc2Cl)c(NC(=O)CN)c1. The normalized spacial score (nSPS) is 10.1. The molecule has 0 heterocycles. The maximum Gasteiger partial charge on any atom is 0.257 e. The summed E-state index contributed by atoms with van der Waals surface area (Å²) in [6.45, 7) is 1.75. The molecule has 0 aromatic heterocycles. The van der Waals surface area contributed by atoms with E-state index in [2.05, 4.69) is 10.6 Å². The van der Waals surface area contributed by atoms with Gasteiger partial charge in [-0.1, -0.05) is 29.8 Å². The maximum absolute atomic E-state index is 12.3. The fourth-order valence-corrected chi connectivity index (χ4v) is 2.13. The van der Waals surface area contributed by atoms with Gasteiger partial charge in [-0.15, -0.1) is 0 Å². The van der Waals surface area contributed by atoms with E-state index in [4.69, 9.17) is 17.3 Å². The minimum atomic E-state index is -0.349. The summed E-state index contributed by atoms with van der Waals surface area (Å²) in [7, 11) is 0. The maximum atomic E-state index is 12.3. The number of rotatable bonds is 4. The van der Waals surface area contributed by atoms with Crippen LogP contribution in [-0.4, -0.2) is 18.4 Å². The lowest BCUT2D eigenvalue weighted by molar-refractivity contribution is -0.114. The highest BCUT2D eigenvalue weighted by atomic mass is 35.5. The molecule has 0 aliphatic carbocycles. The second-order valence-corrected chi connectivity index (χ2v) is 5.14. The largest absolute Gasteiger partial charge is 0.323 e. The fourth-order valence-electron chi connectivity index (χ4n) is 1.91. The second kappa shape index (κ2) is 7.06. The van der Waals surface area contributed by atoms with E-state index in [1.807, 2.05) is 13.0 Å². The van der Waals surface area contributed by atoms with Crippen LogP contribution in [0, 0.1) is 6.92 Å². The Labute approximate surface area is 133 Å². The van der Waals surface area contributed by atoms with Crippen molar-refractivity contribution in [2.24, 2.45) is 5.73 Å². The van der Waals surface area contributed by atoms with Crippen molar-refractivity contribution >= 4 is 34.8 Å². The summed E-state index contributed by atoms with van der Waals surface area (Å²) in [6, 6.07) is 12.1. The van der Waals surface area contributed by atoms with Gasteiger partial charge in [0.1, 0.15) is 0 Å². The Bertz CT molecular complexity index is 716. The Hall–Kier alpha value is -2.37. The summed E-state index contributed by atoms with van der Waals surface area (Å²) in [5, 5.41) is 5.77. The van der Waals surface area contributed by atoms with Crippen molar-refractivity contribution in [3.8, 4) is 0 Å². The number of hydrogen-bond donors (Lipinski definition) is 3. The van der Waals surface area contributed by atoms with Crippen LogP contribution in [0.5, 0.6) is 0 Å². The topological polar surface area (TPSA) is 84.2 Å². The van der Waals surface area contributed by atoms with Crippen molar-refractivity contribution in [2.45, 2.75) is 6.92 Å². The third-order valence-electron chi connectivity index (χ3n) is 3.00. The van der Waals surface area contributed by atoms with E-state index in [0.717, 1.165) is 5.56 Å². The van der Waals surface area contributed by atoms with Crippen LogP contribution in [0.2, 0.25) is 5.02 Å². The van der Waals surface area contributed by atoms with Crippen LogP contribution in [0.25, 0.3) is 0 Å². The average Bonchev–Trinajstić information content (AvgIpc) is 2.50. The molecule has 0 saturated carbocycles. The quantitative estimate of drug-likeness (QED) is 0.810. The van der Waals surface area contributed by atoms with Crippen molar-refractivity contribution in [2.75, 3.05) is 17.2 Å². The van der Waals surface area contributed by atoms with Crippen LogP contribution in [0.4, 0.5) is 11.4 Å². The molecule has 6 heteroatoms. The number of anilines is 2. The fraction of sp³-hybridized carbons (Fsp3) is 0.125. The number of benzene rings is 2. The van der Waals surface area contributed by atoms with E-state index < -0.39 is 0 Å². The minimum Gasteiger partial charge on any atom is -0.323 e. The molecule has 114 valence electrons. The second-order valence-electron chi connectivity index (χ2n) is 4.74. The monoisotopic (exact) mass is 317 g/mol. The van der Waals surface area contributed by atoms with Gasteiger partial charge in [-0.2, -0.15) is 0 Å². The minimum absolute atomic E-state index is 0.133. The number of nitrogens with one attached hydrogen (secondary N) is 2.